The molecule has 1 aromatic carbocycles. The second-order valence-electron chi connectivity index (χ2n) is 3.86. The zero-order valence-corrected chi connectivity index (χ0v) is 9.93. The molecule has 1 heterocycles. The number of carbonyl (C=O) groups excluding carboxylic acids is 1. The zero-order chi connectivity index (χ0) is 13.1. The molecule has 18 heavy (non-hydrogen) atoms. The first-order chi connectivity index (χ1) is 8.60. The van der Waals surface area contributed by atoms with Gasteiger partial charge in [0.2, 0.25) is 0 Å². The molecule has 0 saturated heterocycles. The maximum Gasteiger partial charge on any atom is 0.336 e. The van der Waals surface area contributed by atoms with Crippen molar-refractivity contribution < 1.29 is 13.9 Å². The fourth-order valence-corrected chi connectivity index (χ4v) is 1.75. The first-order valence-electron chi connectivity index (χ1n) is 5.58. The molecule has 0 fully saturated rings. The molecule has 2 rings (SSSR count). The molecule has 1 aromatic heterocycles. The Hall–Kier alpha value is -2.30. The lowest BCUT2D eigenvalue weighted by atomic mass is 10.1. The van der Waals surface area contributed by atoms with Crippen LogP contribution in [0.5, 0.6) is 5.75 Å². The van der Waals surface area contributed by atoms with Gasteiger partial charge >= 0.3 is 5.63 Å². The number of hydrogen-bond donors (Lipinski definition) is 1. The van der Waals surface area contributed by atoms with Crippen LogP contribution in [0.15, 0.2) is 33.5 Å². The van der Waals surface area contributed by atoms with E-state index in [1.807, 2.05) is 6.92 Å². The van der Waals surface area contributed by atoms with Crippen LogP contribution in [-0.4, -0.2) is 12.5 Å². The minimum Gasteiger partial charge on any atom is -0.484 e. The number of primary amides is 1. The van der Waals surface area contributed by atoms with Gasteiger partial charge in [-0.15, -0.1) is 0 Å². The second kappa shape index (κ2) is 4.91. The van der Waals surface area contributed by atoms with Crippen molar-refractivity contribution in [2.24, 2.45) is 5.73 Å². The fourth-order valence-electron chi connectivity index (χ4n) is 1.75. The lowest BCUT2D eigenvalue weighted by Crippen LogP contribution is -2.20. The van der Waals surface area contributed by atoms with E-state index >= 15 is 0 Å². The summed E-state index contributed by atoms with van der Waals surface area (Å²) in [4.78, 5) is 22.0. The first-order valence-corrected chi connectivity index (χ1v) is 5.58. The number of fused-ring (bicyclic) bond motifs is 1. The van der Waals surface area contributed by atoms with E-state index in [0.29, 0.717) is 11.3 Å². The highest BCUT2D eigenvalue weighted by Gasteiger charge is 2.06. The van der Waals surface area contributed by atoms with Crippen LogP contribution < -0.4 is 16.1 Å². The topological polar surface area (TPSA) is 82.5 Å². The van der Waals surface area contributed by atoms with Gasteiger partial charge in [-0.25, -0.2) is 4.79 Å². The number of amides is 1. The molecule has 0 unspecified atom stereocenters. The molecule has 2 N–H and O–H groups in total. The van der Waals surface area contributed by atoms with E-state index in [0.717, 1.165) is 17.4 Å². The van der Waals surface area contributed by atoms with E-state index in [1.54, 1.807) is 18.2 Å². The number of carbonyl (C=O) groups is 1. The van der Waals surface area contributed by atoms with Crippen molar-refractivity contribution in [1.29, 1.82) is 0 Å². The molecule has 0 aliphatic rings. The van der Waals surface area contributed by atoms with Crippen molar-refractivity contribution in [2.75, 3.05) is 6.61 Å². The third kappa shape index (κ3) is 2.51. The van der Waals surface area contributed by atoms with Crippen LogP contribution in [0.2, 0.25) is 0 Å². The SMILES string of the molecule is CCc1cc(=O)oc2cc(OCC(N)=O)ccc12. The van der Waals surface area contributed by atoms with Gasteiger partial charge in [0.1, 0.15) is 11.3 Å². The third-order valence-corrected chi connectivity index (χ3v) is 2.56. The highest BCUT2D eigenvalue weighted by molar-refractivity contribution is 5.81. The van der Waals surface area contributed by atoms with Crippen molar-refractivity contribution in [1.82, 2.24) is 0 Å². The van der Waals surface area contributed by atoms with E-state index < -0.39 is 11.5 Å². The first kappa shape index (κ1) is 12.2. The van der Waals surface area contributed by atoms with Crippen molar-refractivity contribution in [2.45, 2.75) is 13.3 Å². The zero-order valence-electron chi connectivity index (χ0n) is 9.93. The van der Waals surface area contributed by atoms with E-state index in [9.17, 15) is 9.59 Å². The molecule has 0 spiro atoms. The van der Waals surface area contributed by atoms with Crippen molar-refractivity contribution >= 4 is 16.9 Å². The number of aryl methyl sites for hydroxylation is 1. The van der Waals surface area contributed by atoms with Gasteiger partial charge in [0, 0.05) is 17.5 Å². The summed E-state index contributed by atoms with van der Waals surface area (Å²) in [5.41, 5.74) is 5.95. The maximum atomic E-state index is 11.4. The van der Waals surface area contributed by atoms with E-state index in [4.69, 9.17) is 14.9 Å². The van der Waals surface area contributed by atoms with Crippen LogP contribution in [0.25, 0.3) is 11.0 Å². The molecule has 0 radical (unpaired) electrons. The van der Waals surface area contributed by atoms with E-state index in [2.05, 4.69) is 0 Å². The number of ether oxygens (including phenoxy) is 1. The minimum atomic E-state index is -0.557. The largest absolute Gasteiger partial charge is 0.484 e. The predicted molar refractivity (Wildman–Crippen MR) is 66.6 cm³/mol. The maximum absolute atomic E-state index is 11.4. The van der Waals surface area contributed by atoms with Crippen LogP contribution >= 0.6 is 0 Å². The van der Waals surface area contributed by atoms with Gasteiger partial charge in [-0.3, -0.25) is 4.79 Å². The van der Waals surface area contributed by atoms with Crippen LogP contribution in [0, 0.1) is 0 Å². The minimum absolute atomic E-state index is 0.205. The van der Waals surface area contributed by atoms with Gasteiger partial charge in [0.05, 0.1) is 0 Å². The number of rotatable bonds is 4. The Kier molecular flexibility index (Phi) is 3.32. The Morgan fingerprint density at radius 3 is 2.83 bits per heavy atom. The summed E-state index contributed by atoms with van der Waals surface area (Å²) in [5.74, 6) is -0.114. The summed E-state index contributed by atoms with van der Waals surface area (Å²) in [5, 5.41) is 0.864. The fraction of sp³-hybridized carbons (Fsp3) is 0.231. The Morgan fingerprint density at radius 2 is 2.17 bits per heavy atom. The van der Waals surface area contributed by atoms with E-state index in [1.165, 1.54) is 6.07 Å². The smallest absolute Gasteiger partial charge is 0.336 e. The van der Waals surface area contributed by atoms with Gasteiger partial charge in [-0.2, -0.15) is 0 Å². The summed E-state index contributed by atoms with van der Waals surface area (Å²) < 4.78 is 10.3. The van der Waals surface area contributed by atoms with Gasteiger partial charge in [-0.05, 0) is 24.1 Å². The average molecular weight is 247 g/mol. The lowest BCUT2D eigenvalue weighted by Gasteiger charge is -2.06. The predicted octanol–water partition coefficient (Wildman–Crippen LogP) is 1.22. The molecule has 94 valence electrons. The molecule has 0 aliphatic heterocycles. The van der Waals surface area contributed by atoms with Crippen LogP contribution in [0.3, 0.4) is 0 Å². The van der Waals surface area contributed by atoms with Gasteiger partial charge in [0.15, 0.2) is 6.61 Å². The highest BCUT2D eigenvalue weighted by Crippen LogP contribution is 2.22. The Balaban J connectivity index is 2.45. The van der Waals surface area contributed by atoms with Crippen LogP contribution in [0.4, 0.5) is 0 Å². The summed E-state index contributed by atoms with van der Waals surface area (Å²) in [7, 11) is 0. The number of nitrogens with two attached hydrogens (primary N) is 1. The highest BCUT2D eigenvalue weighted by atomic mass is 16.5. The second-order valence-corrected chi connectivity index (χ2v) is 3.86. The summed E-state index contributed by atoms with van der Waals surface area (Å²) >= 11 is 0. The summed E-state index contributed by atoms with van der Waals surface area (Å²) in [6.45, 7) is 1.76. The molecule has 0 aliphatic carbocycles. The molecular weight excluding hydrogens is 234 g/mol. The van der Waals surface area contributed by atoms with Crippen molar-refractivity contribution in [3.05, 3.63) is 40.2 Å². The third-order valence-electron chi connectivity index (χ3n) is 2.56. The normalized spacial score (nSPS) is 10.5. The molecule has 0 atom stereocenters. The van der Waals surface area contributed by atoms with Gasteiger partial charge < -0.3 is 14.9 Å². The monoisotopic (exact) mass is 247 g/mol. The Labute approximate surface area is 103 Å². The van der Waals surface area contributed by atoms with E-state index in [-0.39, 0.29) is 6.61 Å². The van der Waals surface area contributed by atoms with Gasteiger partial charge in [0.25, 0.3) is 5.91 Å². The molecule has 0 bridgehead atoms. The molecule has 2 aromatic rings. The summed E-state index contributed by atoms with van der Waals surface area (Å²) in [6, 6.07) is 6.57. The molecule has 5 nitrogen and oxygen atoms in total. The molecular formula is C13H13NO4. The van der Waals surface area contributed by atoms with Gasteiger partial charge in [-0.1, -0.05) is 6.92 Å². The summed E-state index contributed by atoms with van der Waals surface area (Å²) in [6.07, 6.45) is 0.740. The van der Waals surface area contributed by atoms with Crippen LogP contribution in [-0.2, 0) is 11.2 Å². The molecule has 0 saturated carbocycles. The Bertz CT molecular complexity index is 645. The number of benzene rings is 1. The van der Waals surface area contributed by atoms with Crippen LogP contribution in [0.1, 0.15) is 12.5 Å². The standard InChI is InChI=1S/C13H13NO4/c1-2-8-5-13(16)18-11-6-9(3-4-10(8)11)17-7-12(14)15/h3-6H,2,7H2,1H3,(H2,14,15). The average Bonchev–Trinajstić information content (AvgIpc) is 2.34. The number of hydrogen-bond acceptors (Lipinski definition) is 4. The van der Waals surface area contributed by atoms with Crippen molar-refractivity contribution in [3.8, 4) is 5.75 Å². The quantitative estimate of drug-likeness (QED) is 0.823. The molecule has 1 amide bonds. The Morgan fingerprint density at radius 1 is 1.39 bits per heavy atom. The van der Waals surface area contributed by atoms with Crippen molar-refractivity contribution in [3.63, 3.8) is 0 Å². The molecule has 5 heteroatoms. The lowest BCUT2D eigenvalue weighted by molar-refractivity contribution is -0.119.